The number of methoxy groups -OCH3 is 1. The van der Waals surface area contributed by atoms with Gasteiger partial charge >= 0.3 is 0 Å². The van der Waals surface area contributed by atoms with Crippen molar-refractivity contribution in [1.82, 2.24) is 10.6 Å². The third-order valence-corrected chi connectivity index (χ3v) is 4.03. The van der Waals surface area contributed by atoms with Gasteiger partial charge in [-0.15, -0.1) is 12.4 Å². The van der Waals surface area contributed by atoms with E-state index in [2.05, 4.69) is 10.6 Å². The molecule has 1 aromatic carbocycles. The summed E-state index contributed by atoms with van der Waals surface area (Å²) in [6.45, 7) is 3.15. The third kappa shape index (κ3) is 5.55. The van der Waals surface area contributed by atoms with Crippen LogP contribution >= 0.6 is 12.4 Å². The molecule has 6 heteroatoms. The van der Waals surface area contributed by atoms with Crippen LogP contribution in [0.3, 0.4) is 0 Å². The van der Waals surface area contributed by atoms with Gasteiger partial charge < -0.3 is 15.4 Å². The second kappa shape index (κ2) is 9.08. The van der Waals surface area contributed by atoms with Gasteiger partial charge in [0.15, 0.2) is 0 Å². The lowest BCUT2D eigenvalue weighted by atomic mass is 9.79. The van der Waals surface area contributed by atoms with Crippen molar-refractivity contribution in [3.8, 4) is 0 Å². The highest BCUT2D eigenvalue weighted by Gasteiger charge is 2.32. The Morgan fingerprint density at radius 3 is 2.77 bits per heavy atom. The molecule has 124 valence electrons. The highest BCUT2D eigenvalue weighted by Crippen LogP contribution is 2.28. The van der Waals surface area contributed by atoms with E-state index >= 15 is 0 Å². The molecule has 0 aromatic heterocycles. The summed E-state index contributed by atoms with van der Waals surface area (Å²) in [5, 5.41) is 6.30. The van der Waals surface area contributed by atoms with Crippen LogP contribution in [0.15, 0.2) is 24.3 Å². The standard InChI is InChI=1S/C16H23FN2O2.ClH/c1-21-12-16(5-7-18-8-6-16)11-19-15(20)10-13-3-2-4-14(17)9-13;/h2-4,9,18H,5-8,10-12H2,1H3,(H,19,20);1H. The van der Waals surface area contributed by atoms with Crippen LogP contribution in [0, 0.1) is 11.2 Å². The Balaban J connectivity index is 0.00000242. The molecule has 0 unspecified atom stereocenters. The van der Waals surface area contributed by atoms with Crippen LogP contribution < -0.4 is 10.6 Å². The maximum absolute atomic E-state index is 13.1. The van der Waals surface area contributed by atoms with E-state index in [1.807, 2.05) is 0 Å². The SMILES string of the molecule is COCC1(CNC(=O)Cc2cccc(F)c2)CCNCC1.Cl. The Morgan fingerprint density at radius 1 is 1.41 bits per heavy atom. The maximum atomic E-state index is 13.1. The third-order valence-electron chi connectivity index (χ3n) is 4.03. The number of rotatable bonds is 6. The molecule has 2 N–H and O–H groups in total. The molecule has 1 aromatic rings. The van der Waals surface area contributed by atoms with E-state index in [-0.39, 0.29) is 36.0 Å². The van der Waals surface area contributed by atoms with Gasteiger partial charge in [-0.25, -0.2) is 4.39 Å². The van der Waals surface area contributed by atoms with Crippen molar-refractivity contribution >= 4 is 18.3 Å². The molecule has 4 nitrogen and oxygen atoms in total. The minimum Gasteiger partial charge on any atom is -0.384 e. The van der Waals surface area contributed by atoms with Crippen LogP contribution in [0.1, 0.15) is 18.4 Å². The van der Waals surface area contributed by atoms with Crippen molar-refractivity contribution in [1.29, 1.82) is 0 Å². The average molecular weight is 331 g/mol. The van der Waals surface area contributed by atoms with E-state index in [4.69, 9.17) is 4.74 Å². The maximum Gasteiger partial charge on any atom is 0.224 e. The lowest BCUT2D eigenvalue weighted by Gasteiger charge is -2.37. The summed E-state index contributed by atoms with van der Waals surface area (Å²) in [5.74, 6) is -0.385. The number of piperidine rings is 1. The molecule has 0 saturated carbocycles. The summed E-state index contributed by atoms with van der Waals surface area (Å²) in [6.07, 6.45) is 2.18. The minimum atomic E-state index is -0.311. The smallest absolute Gasteiger partial charge is 0.224 e. The molecule has 1 heterocycles. The van der Waals surface area contributed by atoms with Crippen LogP contribution in [-0.2, 0) is 16.0 Å². The second-order valence-corrected chi connectivity index (χ2v) is 5.77. The molecular weight excluding hydrogens is 307 g/mol. The lowest BCUT2D eigenvalue weighted by Crippen LogP contribution is -2.47. The van der Waals surface area contributed by atoms with E-state index in [0.717, 1.165) is 25.9 Å². The first-order valence-corrected chi connectivity index (χ1v) is 7.34. The highest BCUT2D eigenvalue weighted by molar-refractivity contribution is 5.85. The highest BCUT2D eigenvalue weighted by atomic mass is 35.5. The number of halogens is 2. The van der Waals surface area contributed by atoms with Gasteiger partial charge in [-0.2, -0.15) is 0 Å². The van der Waals surface area contributed by atoms with Crippen LogP contribution in [0.5, 0.6) is 0 Å². The van der Waals surface area contributed by atoms with E-state index in [1.165, 1.54) is 12.1 Å². The van der Waals surface area contributed by atoms with E-state index in [1.54, 1.807) is 19.2 Å². The topological polar surface area (TPSA) is 50.4 Å². The Labute approximate surface area is 137 Å². The van der Waals surface area contributed by atoms with Gasteiger partial charge in [0.2, 0.25) is 5.91 Å². The van der Waals surface area contributed by atoms with Gasteiger partial charge in [0.1, 0.15) is 5.82 Å². The summed E-state index contributed by atoms with van der Waals surface area (Å²) in [7, 11) is 1.69. The predicted molar refractivity (Wildman–Crippen MR) is 86.8 cm³/mol. The number of benzene rings is 1. The van der Waals surface area contributed by atoms with Crippen molar-refractivity contribution < 1.29 is 13.9 Å². The fourth-order valence-electron chi connectivity index (χ4n) is 2.82. The zero-order valence-corrected chi connectivity index (χ0v) is 13.7. The van der Waals surface area contributed by atoms with Gasteiger partial charge in [0.05, 0.1) is 13.0 Å². The van der Waals surface area contributed by atoms with Gasteiger partial charge in [0, 0.05) is 19.1 Å². The van der Waals surface area contributed by atoms with Crippen molar-refractivity contribution in [2.75, 3.05) is 33.4 Å². The monoisotopic (exact) mass is 330 g/mol. The zero-order valence-electron chi connectivity index (χ0n) is 12.9. The molecule has 22 heavy (non-hydrogen) atoms. The largest absolute Gasteiger partial charge is 0.384 e. The molecule has 1 saturated heterocycles. The molecule has 0 radical (unpaired) electrons. The molecule has 1 amide bonds. The lowest BCUT2D eigenvalue weighted by molar-refractivity contribution is -0.121. The Morgan fingerprint density at radius 2 is 2.14 bits per heavy atom. The Bertz CT molecular complexity index is 473. The second-order valence-electron chi connectivity index (χ2n) is 5.77. The minimum absolute atomic E-state index is 0. The number of carbonyl (C=O) groups excluding carboxylic acids is 1. The molecular formula is C16H24ClFN2O2. The number of hydrogen-bond acceptors (Lipinski definition) is 3. The van der Waals surface area contributed by atoms with Gasteiger partial charge in [0.25, 0.3) is 0 Å². The number of hydrogen-bond donors (Lipinski definition) is 2. The normalized spacial score (nSPS) is 16.6. The first-order valence-electron chi connectivity index (χ1n) is 7.34. The molecule has 2 rings (SSSR count). The van der Waals surface area contributed by atoms with E-state index in [0.29, 0.717) is 18.7 Å². The van der Waals surface area contributed by atoms with E-state index in [9.17, 15) is 9.18 Å². The number of nitrogens with one attached hydrogen (secondary N) is 2. The van der Waals surface area contributed by atoms with Crippen LogP contribution in [0.25, 0.3) is 0 Å². The molecule has 1 fully saturated rings. The summed E-state index contributed by atoms with van der Waals surface area (Å²) in [4.78, 5) is 12.0. The molecule has 0 spiro atoms. The van der Waals surface area contributed by atoms with Gasteiger partial charge in [-0.05, 0) is 43.6 Å². The van der Waals surface area contributed by atoms with Crippen LogP contribution in [-0.4, -0.2) is 39.3 Å². The average Bonchev–Trinajstić information content (AvgIpc) is 2.47. The number of carbonyl (C=O) groups is 1. The first-order chi connectivity index (χ1) is 10.1. The van der Waals surface area contributed by atoms with Crippen LogP contribution in [0.4, 0.5) is 4.39 Å². The Kier molecular flexibility index (Phi) is 7.79. The predicted octanol–water partition coefficient (Wildman–Crippen LogP) is 1.92. The van der Waals surface area contributed by atoms with Crippen LogP contribution in [0.2, 0.25) is 0 Å². The number of amides is 1. The van der Waals surface area contributed by atoms with Crippen molar-refractivity contribution in [2.24, 2.45) is 5.41 Å². The van der Waals surface area contributed by atoms with Crippen molar-refractivity contribution in [2.45, 2.75) is 19.3 Å². The fraction of sp³-hybridized carbons (Fsp3) is 0.562. The van der Waals surface area contributed by atoms with Crippen molar-refractivity contribution in [3.63, 3.8) is 0 Å². The quantitative estimate of drug-likeness (QED) is 0.838. The van der Waals surface area contributed by atoms with Gasteiger partial charge in [-0.1, -0.05) is 12.1 Å². The van der Waals surface area contributed by atoms with Crippen molar-refractivity contribution in [3.05, 3.63) is 35.6 Å². The summed E-state index contributed by atoms with van der Waals surface area (Å²) in [6, 6.07) is 6.16. The molecule has 0 aliphatic carbocycles. The summed E-state index contributed by atoms with van der Waals surface area (Å²) < 4.78 is 18.4. The zero-order chi connectivity index (χ0) is 15.1. The number of ether oxygens (including phenoxy) is 1. The molecule has 1 aliphatic heterocycles. The van der Waals surface area contributed by atoms with Gasteiger partial charge in [-0.3, -0.25) is 4.79 Å². The van der Waals surface area contributed by atoms with E-state index < -0.39 is 0 Å². The summed E-state index contributed by atoms with van der Waals surface area (Å²) in [5.41, 5.74) is 0.705. The molecule has 1 aliphatic rings. The fourth-order valence-corrected chi connectivity index (χ4v) is 2.82. The summed E-state index contributed by atoms with van der Waals surface area (Å²) >= 11 is 0. The Hall–Kier alpha value is -1.17. The molecule has 0 atom stereocenters. The molecule has 0 bridgehead atoms. The first kappa shape index (κ1) is 18.9.